The lowest BCUT2D eigenvalue weighted by atomic mass is 10.0. The van der Waals surface area contributed by atoms with E-state index in [1.54, 1.807) is 4.90 Å². The first-order chi connectivity index (χ1) is 11.6. The van der Waals surface area contributed by atoms with Crippen LogP contribution in [0.1, 0.15) is 36.0 Å². The van der Waals surface area contributed by atoms with E-state index >= 15 is 0 Å². The van der Waals surface area contributed by atoms with E-state index in [-0.39, 0.29) is 17.9 Å². The first-order valence-electron chi connectivity index (χ1n) is 8.62. The lowest BCUT2D eigenvalue weighted by molar-refractivity contribution is -0.136. The zero-order valence-electron chi connectivity index (χ0n) is 14.0. The maximum atomic E-state index is 13.0. The third-order valence-electron chi connectivity index (χ3n) is 5.03. The molecule has 2 atom stereocenters. The van der Waals surface area contributed by atoms with E-state index < -0.39 is 0 Å². The molecule has 1 N–H and O–H groups in total. The summed E-state index contributed by atoms with van der Waals surface area (Å²) in [5.41, 5.74) is 0.643. The van der Waals surface area contributed by atoms with Crippen molar-refractivity contribution in [2.45, 2.75) is 37.8 Å². The second kappa shape index (κ2) is 7.66. The van der Waals surface area contributed by atoms with Crippen LogP contribution >= 0.6 is 15.9 Å². The van der Waals surface area contributed by atoms with Gasteiger partial charge in [-0.2, -0.15) is 0 Å². The maximum Gasteiger partial charge on any atom is 0.254 e. The summed E-state index contributed by atoms with van der Waals surface area (Å²) < 4.78 is 0.944. The second-order valence-corrected chi connectivity index (χ2v) is 7.49. The minimum atomic E-state index is -0.309. The number of likely N-dealkylation sites (tertiary alicyclic amines) is 2. The molecule has 2 fully saturated rings. The number of carbonyl (C=O) groups is 2. The molecule has 24 heavy (non-hydrogen) atoms. The molecule has 2 unspecified atom stereocenters. The summed E-state index contributed by atoms with van der Waals surface area (Å²) in [6.45, 7) is 2.20. The van der Waals surface area contributed by atoms with Gasteiger partial charge < -0.3 is 15.1 Å². The minimum absolute atomic E-state index is 0.0412. The van der Waals surface area contributed by atoms with Crippen LogP contribution in [0.2, 0.25) is 0 Å². The van der Waals surface area contributed by atoms with E-state index in [1.807, 2.05) is 36.2 Å². The van der Waals surface area contributed by atoms with Crippen molar-refractivity contribution in [1.29, 1.82) is 0 Å². The molecule has 1 aromatic carbocycles. The van der Waals surface area contributed by atoms with Crippen LogP contribution in [0.3, 0.4) is 0 Å². The zero-order chi connectivity index (χ0) is 17.1. The second-order valence-electron chi connectivity index (χ2n) is 6.58. The van der Waals surface area contributed by atoms with Crippen LogP contribution in [0.5, 0.6) is 0 Å². The molecule has 0 spiro atoms. The normalized spacial score (nSPS) is 24.2. The van der Waals surface area contributed by atoms with Gasteiger partial charge in [-0.15, -0.1) is 0 Å². The molecule has 2 amide bonds. The number of amides is 2. The molecule has 130 valence electrons. The topological polar surface area (TPSA) is 52.7 Å². The summed E-state index contributed by atoms with van der Waals surface area (Å²) >= 11 is 3.39. The number of nitrogens with zero attached hydrogens (tertiary/aromatic N) is 2. The molecule has 2 heterocycles. The molecule has 0 bridgehead atoms. The van der Waals surface area contributed by atoms with Gasteiger partial charge in [-0.3, -0.25) is 9.59 Å². The van der Waals surface area contributed by atoms with Crippen molar-refractivity contribution in [2.75, 3.05) is 26.7 Å². The van der Waals surface area contributed by atoms with Crippen molar-refractivity contribution in [1.82, 2.24) is 15.1 Å². The third kappa shape index (κ3) is 3.64. The molecule has 6 heteroatoms. The molecular formula is C18H24BrN3O2. The Morgan fingerprint density at radius 1 is 1.12 bits per heavy atom. The summed E-state index contributed by atoms with van der Waals surface area (Å²) in [7, 11) is 1.94. The van der Waals surface area contributed by atoms with Crippen LogP contribution < -0.4 is 5.32 Å². The van der Waals surface area contributed by atoms with Crippen molar-refractivity contribution < 1.29 is 9.59 Å². The number of benzene rings is 1. The highest BCUT2D eigenvalue weighted by atomic mass is 79.9. The number of hydrogen-bond donors (Lipinski definition) is 1. The highest BCUT2D eigenvalue weighted by Gasteiger charge is 2.37. The molecule has 1 aromatic rings. The molecule has 0 radical (unpaired) electrons. The third-order valence-corrected chi connectivity index (χ3v) is 5.56. The Morgan fingerprint density at radius 3 is 2.54 bits per heavy atom. The van der Waals surface area contributed by atoms with Crippen LogP contribution in [-0.4, -0.2) is 60.4 Å². The van der Waals surface area contributed by atoms with E-state index in [4.69, 9.17) is 0 Å². The lowest BCUT2D eigenvalue weighted by Crippen LogP contribution is -2.53. The van der Waals surface area contributed by atoms with Crippen molar-refractivity contribution >= 4 is 27.7 Å². The Bertz CT molecular complexity index is 605. The van der Waals surface area contributed by atoms with Crippen molar-refractivity contribution in [2.24, 2.45) is 0 Å². The molecule has 2 aliphatic heterocycles. The Balaban J connectivity index is 1.71. The number of nitrogens with one attached hydrogen (secondary N) is 1. The van der Waals surface area contributed by atoms with Gasteiger partial charge >= 0.3 is 0 Å². The van der Waals surface area contributed by atoms with Crippen molar-refractivity contribution in [3.63, 3.8) is 0 Å². The first kappa shape index (κ1) is 17.4. The van der Waals surface area contributed by atoms with Crippen LogP contribution in [0.25, 0.3) is 0 Å². The van der Waals surface area contributed by atoms with E-state index in [9.17, 15) is 9.59 Å². The molecule has 0 aliphatic carbocycles. The van der Waals surface area contributed by atoms with Crippen molar-refractivity contribution in [3.8, 4) is 0 Å². The predicted octanol–water partition coefficient (Wildman–Crippen LogP) is 2.26. The number of carbonyl (C=O) groups excluding carboxylic acids is 2. The summed E-state index contributed by atoms with van der Waals surface area (Å²) in [5, 5.41) is 3.27. The smallest absolute Gasteiger partial charge is 0.254 e. The van der Waals surface area contributed by atoms with E-state index in [0.29, 0.717) is 18.2 Å². The van der Waals surface area contributed by atoms with Crippen LogP contribution in [-0.2, 0) is 4.79 Å². The van der Waals surface area contributed by atoms with Gasteiger partial charge in [-0.25, -0.2) is 0 Å². The SMILES string of the molecule is CNC1CCCN(C(=O)C2CCCN2C(=O)c2ccc(Br)cc2)C1. The van der Waals surface area contributed by atoms with Gasteiger partial charge in [0.1, 0.15) is 6.04 Å². The van der Waals surface area contributed by atoms with Crippen LogP contribution in [0.4, 0.5) is 0 Å². The average Bonchev–Trinajstić information content (AvgIpc) is 3.11. The van der Waals surface area contributed by atoms with Crippen LogP contribution in [0.15, 0.2) is 28.7 Å². The quantitative estimate of drug-likeness (QED) is 0.856. The Hall–Kier alpha value is -1.40. The highest BCUT2D eigenvalue weighted by Crippen LogP contribution is 2.24. The maximum absolute atomic E-state index is 13.0. The minimum Gasteiger partial charge on any atom is -0.339 e. The number of halogens is 1. The van der Waals surface area contributed by atoms with E-state index in [2.05, 4.69) is 21.2 Å². The molecule has 2 aliphatic rings. The fourth-order valence-electron chi connectivity index (χ4n) is 3.65. The summed E-state index contributed by atoms with van der Waals surface area (Å²) in [5.74, 6) is 0.0680. The summed E-state index contributed by atoms with van der Waals surface area (Å²) in [6.07, 6.45) is 3.78. The Labute approximate surface area is 151 Å². The standard InChI is InChI=1S/C18H24BrN3O2/c1-20-15-4-2-10-21(12-15)18(24)16-5-3-11-22(16)17(23)13-6-8-14(19)9-7-13/h6-9,15-16,20H,2-5,10-12H2,1H3. The average molecular weight is 394 g/mol. The molecule has 2 saturated heterocycles. The first-order valence-corrected chi connectivity index (χ1v) is 9.42. The molecule has 5 nitrogen and oxygen atoms in total. The molecule has 0 saturated carbocycles. The van der Waals surface area contributed by atoms with Crippen molar-refractivity contribution in [3.05, 3.63) is 34.3 Å². The monoisotopic (exact) mass is 393 g/mol. The number of piperidine rings is 1. The molecular weight excluding hydrogens is 370 g/mol. The predicted molar refractivity (Wildman–Crippen MR) is 96.9 cm³/mol. The largest absolute Gasteiger partial charge is 0.339 e. The lowest BCUT2D eigenvalue weighted by Gasteiger charge is -2.36. The summed E-state index contributed by atoms with van der Waals surface area (Å²) in [6, 6.07) is 7.40. The molecule has 0 aromatic heterocycles. The van der Waals surface area contributed by atoms with Gasteiger partial charge in [-0.05, 0) is 57.0 Å². The van der Waals surface area contributed by atoms with Gasteiger partial charge in [-0.1, -0.05) is 15.9 Å². The van der Waals surface area contributed by atoms with Gasteiger partial charge in [0.25, 0.3) is 5.91 Å². The highest BCUT2D eigenvalue weighted by molar-refractivity contribution is 9.10. The number of likely N-dealkylation sites (N-methyl/N-ethyl adjacent to an activating group) is 1. The Kier molecular flexibility index (Phi) is 5.56. The van der Waals surface area contributed by atoms with Gasteiger partial charge in [0.15, 0.2) is 0 Å². The Morgan fingerprint density at radius 2 is 1.83 bits per heavy atom. The number of rotatable bonds is 3. The van der Waals surface area contributed by atoms with Gasteiger partial charge in [0.05, 0.1) is 0 Å². The fourth-order valence-corrected chi connectivity index (χ4v) is 3.91. The van der Waals surface area contributed by atoms with E-state index in [0.717, 1.165) is 43.2 Å². The number of hydrogen-bond acceptors (Lipinski definition) is 3. The summed E-state index contributed by atoms with van der Waals surface area (Å²) in [4.78, 5) is 29.5. The fraction of sp³-hybridized carbons (Fsp3) is 0.556. The van der Waals surface area contributed by atoms with Gasteiger partial charge in [0.2, 0.25) is 5.91 Å². The van der Waals surface area contributed by atoms with Crippen LogP contribution in [0, 0.1) is 0 Å². The van der Waals surface area contributed by atoms with Gasteiger partial charge in [0, 0.05) is 35.7 Å². The molecule has 3 rings (SSSR count). The zero-order valence-corrected chi connectivity index (χ0v) is 15.6. The van der Waals surface area contributed by atoms with E-state index in [1.165, 1.54) is 0 Å².